The topological polar surface area (TPSA) is 76.5 Å². The molecule has 18 heavy (non-hydrogen) atoms. The number of nitrogens with two attached hydrogens (primary N) is 1. The van der Waals surface area contributed by atoms with Crippen LogP contribution < -0.4 is 5.73 Å². The minimum atomic E-state index is -1.03. The fourth-order valence-corrected chi connectivity index (χ4v) is 2.21. The summed E-state index contributed by atoms with van der Waals surface area (Å²) >= 11 is 1.36. The molecule has 3 N–H and O–H groups in total. The van der Waals surface area contributed by atoms with Gasteiger partial charge in [0.2, 0.25) is 0 Å². The molecule has 1 aromatic heterocycles. The number of carboxylic acids is 1. The van der Waals surface area contributed by atoms with Crippen LogP contribution in [0.15, 0.2) is 39.8 Å². The third-order valence-electron chi connectivity index (χ3n) is 2.24. The van der Waals surface area contributed by atoms with Crippen LogP contribution in [-0.4, -0.2) is 11.1 Å². The highest BCUT2D eigenvalue weighted by atomic mass is 32.2. The molecule has 0 saturated carbocycles. The molecule has 0 saturated heterocycles. The predicted molar refractivity (Wildman–Crippen MR) is 66.0 cm³/mol. The summed E-state index contributed by atoms with van der Waals surface area (Å²) in [7, 11) is 0. The number of anilines is 1. The third-order valence-corrected chi connectivity index (χ3v) is 3.35. The second kappa shape index (κ2) is 5.14. The van der Waals surface area contributed by atoms with Crippen LogP contribution in [0.3, 0.4) is 0 Å². The monoisotopic (exact) mass is 267 g/mol. The lowest BCUT2D eigenvalue weighted by Crippen LogP contribution is -1.92. The number of thioether (sulfide) groups is 1. The summed E-state index contributed by atoms with van der Waals surface area (Å²) in [4.78, 5) is 11.4. The predicted octanol–water partition coefficient (Wildman–Crippen LogP) is 2.99. The number of hydrogen-bond acceptors (Lipinski definition) is 4. The summed E-state index contributed by atoms with van der Waals surface area (Å²) in [5, 5.41) is 8.73. The first-order valence-electron chi connectivity index (χ1n) is 5.05. The van der Waals surface area contributed by atoms with Crippen LogP contribution in [-0.2, 0) is 5.75 Å². The number of aromatic carboxylic acids is 1. The van der Waals surface area contributed by atoms with Gasteiger partial charge < -0.3 is 15.3 Å². The van der Waals surface area contributed by atoms with Gasteiger partial charge >= 0.3 is 5.97 Å². The van der Waals surface area contributed by atoms with Crippen molar-refractivity contribution in [1.82, 2.24) is 0 Å². The van der Waals surface area contributed by atoms with E-state index in [0.29, 0.717) is 17.2 Å². The van der Waals surface area contributed by atoms with E-state index in [-0.39, 0.29) is 11.4 Å². The van der Waals surface area contributed by atoms with Crippen molar-refractivity contribution in [2.24, 2.45) is 0 Å². The Morgan fingerprint density at radius 1 is 1.44 bits per heavy atom. The van der Waals surface area contributed by atoms with Crippen molar-refractivity contribution in [3.63, 3.8) is 0 Å². The zero-order chi connectivity index (χ0) is 13.1. The maximum atomic E-state index is 12.8. The van der Waals surface area contributed by atoms with E-state index in [2.05, 4.69) is 0 Å². The molecule has 0 fully saturated rings. The number of carboxylic acid groups (broad SMARTS) is 1. The average molecular weight is 267 g/mol. The number of nitrogen functional groups attached to an aromatic ring is 1. The van der Waals surface area contributed by atoms with Crippen molar-refractivity contribution in [3.05, 3.63) is 47.7 Å². The van der Waals surface area contributed by atoms with Gasteiger partial charge in [-0.25, -0.2) is 9.18 Å². The number of rotatable bonds is 4. The largest absolute Gasteiger partial charge is 0.478 e. The Hall–Kier alpha value is -1.95. The van der Waals surface area contributed by atoms with Crippen LogP contribution >= 0.6 is 11.8 Å². The first-order chi connectivity index (χ1) is 8.56. The fourth-order valence-electron chi connectivity index (χ4n) is 1.37. The van der Waals surface area contributed by atoms with E-state index in [4.69, 9.17) is 15.3 Å². The highest BCUT2D eigenvalue weighted by molar-refractivity contribution is 7.98. The van der Waals surface area contributed by atoms with E-state index in [9.17, 15) is 9.18 Å². The summed E-state index contributed by atoms with van der Waals surface area (Å²) in [6, 6.07) is 5.60. The molecule has 0 aliphatic carbocycles. The third kappa shape index (κ3) is 2.84. The first-order valence-corrected chi connectivity index (χ1v) is 6.03. The smallest absolute Gasteiger partial charge is 0.338 e. The molecule has 2 rings (SSSR count). The minimum absolute atomic E-state index is 0.109. The minimum Gasteiger partial charge on any atom is -0.478 e. The number of halogens is 1. The van der Waals surface area contributed by atoms with Gasteiger partial charge in [-0.15, -0.1) is 11.8 Å². The maximum absolute atomic E-state index is 12.8. The lowest BCUT2D eigenvalue weighted by molar-refractivity contribution is 0.0696. The van der Waals surface area contributed by atoms with Gasteiger partial charge in [0.15, 0.2) is 0 Å². The molecule has 1 aromatic carbocycles. The van der Waals surface area contributed by atoms with Crippen molar-refractivity contribution < 1.29 is 18.7 Å². The van der Waals surface area contributed by atoms with Crippen molar-refractivity contribution in [2.45, 2.75) is 10.6 Å². The van der Waals surface area contributed by atoms with Crippen LogP contribution in [0.1, 0.15) is 16.1 Å². The zero-order valence-electron chi connectivity index (χ0n) is 9.22. The molecule has 0 aliphatic heterocycles. The van der Waals surface area contributed by atoms with Gasteiger partial charge in [-0.1, -0.05) is 0 Å². The first kappa shape index (κ1) is 12.5. The fraction of sp³-hybridized carbons (Fsp3) is 0.0833. The van der Waals surface area contributed by atoms with E-state index in [0.717, 1.165) is 4.90 Å². The van der Waals surface area contributed by atoms with Gasteiger partial charge in [0.25, 0.3) is 0 Å². The summed E-state index contributed by atoms with van der Waals surface area (Å²) in [6.07, 6.45) is 1.19. The molecular weight excluding hydrogens is 257 g/mol. The molecule has 0 unspecified atom stereocenters. The molecule has 0 aliphatic rings. The Kier molecular flexibility index (Phi) is 3.57. The Bertz CT molecular complexity index is 582. The Morgan fingerprint density at radius 2 is 2.22 bits per heavy atom. The molecule has 6 heteroatoms. The second-order valence-corrected chi connectivity index (χ2v) is 4.59. The van der Waals surface area contributed by atoms with Crippen LogP contribution in [0.5, 0.6) is 0 Å². The quantitative estimate of drug-likeness (QED) is 0.657. The van der Waals surface area contributed by atoms with Crippen LogP contribution in [0.2, 0.25) is 0 Å². The Morgan fingerprint density at radius 3 is 2.83 bits per heavy atom. The molecule has 94 valence electrons. The average Bonchev–Trinajstić information content (AvgIpc) is 2.76. The molecule has 0 bridgehead atoms. The molecule has 0 radical (unpaired) electrons. The van der Waals surface area contributed by atoms with E-state index < -0.39 is 5.97 Å². The van der Waals surface area contributed by atoms with Crippen molar-refractivity contribution in [3.8, 4) is 0 Å². The van der Waals surface area contributed by atoms with Gasteiger partial charge in [-0.05, 0) is 24.3 Å². The van der Waals surface area contributed by atoms with E-state index >= 15 is 0 Å². The molecule has 0 atom stereocenters. The Labute approximate surface area is 107 Å². The molecule has 0 spiro atoms. The van der Waals surface area contributed by atoms with Crippen molar-refractivity contribution in [1.29, 1.82) is 0 Å². The number of benzene rings is 1. The number of furan rings is 1. The number of carbonyl (C=O) groups is 1. The standard InChI is InChI=1S/C12H10FNO3S/c13-8-1-2-11(10(14)4-8)18-6-9-3-7(5-17-9)12(15)16/h1-5H,6,14H2,(H,15,16). The van der Waals surface area contributed by atoms with Crippen LogP contribution in [0.25, 0.3) is 0 Å². The van der Waals surface area contributed by atoms with Gasteiger partial charge in [0.05, 0.1) is 11.3 Å². The molecule has 4 nitrogen and oxygen atoms in total. The highest BCUT2D eigenvalue weighted by Crippen LogP contribution is 2.29. The lowest BCUT2D eigenvalue weighted by Gasteiger charge is -2.03. The SMILES string of the molecule is Nc1cc(F)ccc1SCc1cc(C(=O)O)co1. The molecule has 1 heterocycles. The maximum Gasteiger partial charge on any atom is 0.338 e. The lowest BCUT2D eigenvalue weighted by atomic mass is 10.3. The van der Waals surface area contributed by atoms with Crippen LogP contribution in [0, 0.1) is 5.82 Å². The van der Waals surface area contributed by atoms with Crippen LogP contribution in [0.4, 0.5) is 10.1 Å². The van der Waals surface area contributed by atoms with E-state index in [1.54, 1.807) is 6.07 Å². The second-order valence-electron chi connectivity index (χ2n) is 3.58. The summed E-state index contributed by atoms with van der Waals surface area (Å²) in [5.41, 5.74) is 6.11. The number of hydrogen-bond donors (Lipinski definition) is 2. The summed E-state index contributed by atoms with van der Waals surface area (Å²) in [5.74, 6) is -0.455. The van der Waals surface area contributed by atoms with Gasteiger partial charge in [-0.3, -0.25) is 0 Å². The van der Waals surface area contributed by atoms with E-state index in [1.807, 2.05) is 0 Å². The molecular formula is C12H10FNO3S. The van der Waals surface area contributed by atoms with E-state index in [1.165, 1.54) is 36.2 Å². The zero-order valence-corrected chi connectivity index (χ0v) is 10.0. The van der Waals surface area contributed by atoms with Gasteiger partial charge in [-0.2, -0.15) is 0 Å². The summed E-state index contributed by atoms with van der Waals surface area (Å²) < 4.78 is 17.9. The Balaban J connectivity index is 2.04. The van der Waals surface area contributed by atoms with Crippen molar-refractivity contribution >= 4 is 23.4 Å². The molecule has 0 amide bonds. The van der Waals surface area contributed by atoms with Crippen molar-refractivity contribution in [2.75, 3.05) is 5.73 Å². The van der Waals surface area contributed by atoms with Gasteiger partial charge in [0, 0.05) is 10.6 Å². The van der Waals surface area contributed by atoms with Gasteiger partial charge in [0.1, 0.15) is 17.8 Å². The molecule has 2 aromatic rings. The highest BCUT2D eigenvalue weighted by Gasteiger charge is 2.09. The summed E-state index contributed by atoms with van der Waals surface area (Å²) in [6.45, 7) is 0. The normalized spacial score (nSPS) is 10.5.